The van der Waals surface area contributed by atoms with Gasteiger partial charge in [0.25, 0.3) is 0 Å². The van der Waals surface area contributed by atoms with Crippen molar-refractivity contribution in [2.75, 3.05) is 27.2 Å². The van der Waals surface area contributed by atoms with E-state index in [0.717, 1.165) is 37.5 Å². The van der Waals surface area contributed by atoms with Gasteiger partial charge in [0.2, 0.25) is 5.91 Å². The van der Waals surface area contributed by atoms with Crippen molar-refractivity contribution in [1.29, 1.82) is 0 Å². The lowest BCUT2D eigenvalue weighted by molar-refractivity contribution is -0.129. The van der Waals surface area contributed by atoms with Crippen molar-refractivity contribution in [2.24, 2.45) is 23.7 Å². The Bertz CT molecular complexity index is 663. The number of piperidine rings is 1. The molecule has 2 N–H and O–H groups in total. The zero-order chi connectivity index (χ0) is 24.3. The number of hydrogen-bond acceptors (Lipinski definition) is 4. The van der Waals surface area contributed by atoms with E-state index in [4.69, 9.17) is 11.6 Å². The third-order valence-electron chi connectivity index (χ3n) is 9.04. The summed E-state index contributed by atoms with van der Waals surface area (Å²) in [6.45, 7) is 15.2. The molecule has 3 fully saturated rings. The summed E-state index contributed by atoms with van der Waals surface area (Å²) in [5.41, 5.74) is 1.07. The minimum atomic E-state index is 0.0125. The third-order valence-corrected chi connectivity index (χ3v) is 9.40. The summed E-state index contributed by atoms with van der Waals surface area (Å²) in [4.78, 5) is 17.7. The Morgan fingerprint density at radius 3 is 2.30 bits per heavy atom. The highest BCUT2D eigenvalue weighted by Gasteiger charge is 2.41. The molecule has 2 aliphatic carbocycles. The fraction of sp³-hybridized carbons (Fsp3) is 0.889. The lowest BCUT2D eigenvalue weighted by Crippen LogP contribution is -2.54. The number of amides is 1. The first-order valence-electron chi connectivity index (χ1n) is 13.4. The molecule has 0 aromatic rings. The van der Waals surface area contributed by atoms with Crippen LogP contribution in [0.3, 0.4) is 0 Å². The third kappa shape index (κ3) is 6.46. The van der Waals surface area contributed by atoms with Crippen LogP contribution in [0.2, 0.25) is 0 Å². The fourth-order valence-electron chi connectivity index (χ4n) is 6.95. The zero-order valence-corrected chi connectivity index (χ0v) is 22.7. The van der Waals surface area contributed by atoms with E-state index in [1.165, 1.54) is 25.7 Å². The molecule has 190 valence electrons. The Morgan fingerprint density at radius 1 is 1.09 bits per heavy atom. The van der Waals surface area contributed by atoms with Crippen LogP contribution in [0.1, 0.15) is 72.6 Å². The Kier molecular flexibility index (Phi) is 9.56. The summed E-state index contributed by atoms with van der Waals surface area (Å²) in [7, 11) is 4.43. The summed E-state index contributed by atoms with van der Waals surface area (Å²) in [6, 6.07) is 2.16. The van der Waals surface area contributed by atoms with E-state index in [2.05, 4.69) is 68.8 Å². The van der Waals surface area contributed by atoms with Gasteiger partial charge in [-0.25, -0.2) is 0 Å². The van der Waals surface area contributed by atoms with Gasteiger partial charge in [-0.05, 0) is 84.3 Å². The molecule has 3 aliphatic rings. The molecular formula is C27H49ClN4O. The summed E-state index contributed by atoms with van der Waals surface area (Å²) in [5, 5.41) is 6.88. The van der Waals surface area contributed by atoms with Crippen LogP contribution in [0.15, 0.2) is 12.3 Å². The second kappa shape index (κ2) is 11.8. The highest BCUT2D eigenvalue weighted by molar-refractivity contribution is 6.20. The van der Waals surface area contributed by atoms with Gasteiger partial charge >= 0.3 is 0 Å². The van der Waals surface area contributed by atoms with Gasteiger partial charge in [0.05, 0.1) is 5.92 Å². The van der Waals surface area contributed by atoms with E-state index < -0.39 is 0 Å². The molecule has 2 saturated carbocycles. The Balaban J connectivity index is 1.61. The van der Waals surface area contributed by atoms with Crippen molar-refractivity contribution < 1.29 is 4.79 Å². The zero-order valence-electron chi connectivity index (χ0n) is 21.9. The number of rotatable bonds is 8. The molecular weight excluding hydrogens is 432 g/mol. The normalized spacial score (nSPS) is 40.0. The molecule has 0 radical (unpaired) electrons. The number of hydrogen-bond donors (Lipinski definition) is 2. The van der Waals surface area contributed by atoms with Gasteiger partial charge in [0, 0.05) is 47.7 Å². The summed E-state index contributed by atoms with van der Waals surface area (Å²) >= 11 is 6.87. The summed E-state index contributed by atoms with van der Waals surface area (Å²) in [5.74, 6) is 1.43. The van der Waals surface area contributed by atoms with Crippen molar-refractivity contribution in [3.8, 4) is 0 Å². The van der Waals surface area contributed by atoms with Gasteiger partial charge in [-0.3, -0.25) is 9.69 Å². The number of halogens is 1. The fourth-order valence-corrected chi connectivity index (χ4v) is 7.33. The smallest absolute Gasteiger partial charge is 0.225 e. The Hall–Kier alpha value is -0.780. The standard InChI is InChI=1S/C27H49ClN4O/c1-8-32(23-11-9-22(10-12-23)31(6)7)26-15-21(28)14-24(19(26)4)20(5)29-16-25-17(2)13-18(3)30-27(25)33/h17-19,21-26,29H,5,8-16H2,1-4,6-7H3,(H,30,33). The molecule has 5 nitrogen and oxygen atoms in total. The van der Waals surface area contributed by atoms with Gasteiger partial charge < -0.3 is 15.5 Å². The van der Waals surface area contributed by atoms with E-state index in [0.29, 0.717) is 36.4 Å². The average molecular weight is 481 g/mol. The molecule has 0 spiro atoms. The van der Waals surface area contributed by atoms with Crippen LogP contribution < -0.4 is 10.6 Å². The van der Waals surface area contributed by atoms with E-state index in [9.17, 15) is 4.79 Å². The molecule has 3 rings (SSSR count). The van der Waals surface area contributed by atoms with Crippen molar-refractivity contribution >= 4 is 17.5 Å². The van der Waals surface area contributed by atoms with Gasteiger partial charge in [-0.15, -0.1) is 11.6 Å². The molecule has 1 saturated heterocycles. The number of carbonyl (C=O) groups excluding carboxylic acids is 1. The lowest BCUT2D eigenvalue weighted by Gasteiger charge is -2.49. The SMILES string of the molecule is C=C(NCC1C(=O)NC(C)CC1C)C1CC(Cl)CC(N(CC)C2CCC(N(C)C)CC2)C1C. The number of carbonyl (C=O) groups is 1. The second-order valence-electron chi connectivity index (χ2n) is 11.5. The first-order valence-corrected chi connectivity index (χ1v) is 13.8. The van der Waals surface area contributed by atoms with Crippen LogP contribution in [0.4, 0.5) is 0 Å². The van der Waals surface area contributed by atoms with Crippen LogP contribution in [0.5, 0.6) is 0 Å². The monoisotopic (exact) mass is 480 g/mol. The minimum Gasteiger partial charge on any atom is -0.388 e. The largest absolute Gasteiger partial charge is 0.388 e. The second-order valence-corrected chi connectivity index (χ2v) is 12.1. The van der Waals surface area contributed by atoms with Crippen molar-refractivity contribution in [2.45, 2.75) is 102 Å². The van der Waals surface area contributed by atoms with Gasteiger partial charge in [0.1, 0.15) is 0 Å². The molecule has 7 atom stereocenters. The van der Waals surface area contributed by atoms with Crippen molar-refractivity contribution in [3.63, 3.8) is 0 Å². The van der Waals surface area contributed by atoms with Crippen LogP contribution in [0.25, 0.3) is 0 Å². The number of nitrogens with one attached hydrogen (secondary N) is 2. The molecule has 1 aliphatic heterocycles. The molecule has 0 aromatic carbocycles. The molecule has 1 heterocycles. The molecule has 0 aromatic heterocycles. The van der Waals surface area contributed by atoms with Crippen LogP contribution in [-0.2, 0) is 4.79 Å². The van der Waals surface area contributed by atoms with E-state index in [-0.39, 0.29) is 23.2 Å². The van der Waals surface area contributed by atoms with Crippen LogP contribution >= 0.6 is 11.6 Å². The minimum absolute atomic E-state index is 0.0125. The maximum atomic E-state index is 12.5. The number of allylic oxidation sites excluding steroid dienone is 1. The molecule has 0 bridgehead atoms. The Labute approximate surface area is 208 Å². The Morgan fingerprint density at radius 2 is 1.73 bits per heavy atom. The molecule has 33 heavy (non-hydrogen) atoms. The molecule has 1 amide bonds. The quantitative estimate of drug-likeness (QED) is 0.503. The summed E-state index contributed by atoms with van der Waals surface area (Å²) < 4.78 is 0. The predicted molar refractivity (Wildman–Crippen MR) is 139 cm³/mol. The highest BCUT2D eigenvalue weighted by Crippen LogP contribution is 2.41. The van der Waals surface area contributed by atoms with Crippen molar-refractivity contribution in [3.05, 3.63) is 12.3 Å². The van der Waals surface area contributed by atoms with E-state index >= 15 is 0 Å². The van der Waals surface area contributed by atoms with E-state index in [1.807, 2.05) is 0 Å². The van der Waals surface area contributed by atoms with Crippen molar-refractivity contribution in [1.82, 2.24) is 20.4 Å². The number of alkyl halides is 1. The van der Waals surface area contributed by atoms with Gasteiger partial charge in [-0.1, -0.05) is 27.4 Å². The van der Waals surface area contributed by atoms with E-state index in [1.54, 1.807) is 0 Å². The number of nitrogens with zero attached hydrogens (tertiary/aromatic N) is 2. The maximum Gasteiger partial charge on any atom is 0.225 e. The summed E-state index contributed by atoms with van der Waals surface area (Å²) in [6.07, 6.45) is 8.22. The van der Waals surface area contributed by atoms with Gasteiger partial charge in [-0.2, -0.15) is 0 Å². The van der Waals surface area contributed by atoms with Crippen LogP contribution in [0, 0.1) is 23.7 Å². The molecule has 7 unspecified atom stereocenters. The average Bonchev–Trinajstić information content (AvgIpc) is 2.75. The topological polar surface area (TPSA) is 47.6 Å². The first-order chi connectivity index (χ1) is 15.6. The molecule has 6 heteroatoms. The lowest BCUT2D eigenvalue weighted by atomic mass is 9.73. The first kappa shape index (κ1) is 26.8. The van der Waals surface area contributed by atoms with Crippen LogP contribution in [-0.4, -0.2) is 72.4 Å². The van der Waals surface area contributed by atoms with Gasteiger partial charge in [0.15, 0.2) is 0 Å². The highest BCUT2D eigenvalue weighted by atomic mass is 35.5. The predicted octanol–water partition coefficient (Wildman–Crippen LogP) is 4.47. The maximum absolute atomic E-state index is 12.5.